The standard InChI is InChI=1S/C15H24N4O2/c1-18(2)8-9-19-12(10-17-15(19)16)11-6-5-7-13(20-3)14(11)21-4/h5-7,12H,8-10H2,1-4H3,(H2,16,17). The molecule has 1 aliphatic heterocycles. The van der Waals surface area contributed by atoms with E-state index in [0.29, 0.717) is 12.5 Å². The van der Waals surface area contributed by atoms with Crippen LogP contribution in [0.1, 0.15) is 11.6 Å². The van der Waals surface area contributed by atoms with Crippen molar-refractivity contribution in [3.63, 3.8) is 0 Å². The summed E-state index contributed by atoms with van der Waals surface area (Å²) >= 11 is 0. The van der Waals surface area contributed by atoms with Crippen molar-refractivity contribution in [3.8, 4) is 11.5 Å². The normalized spacial score (nSPS) is 18.0. The lowest BCUT2D eigenvalue weighted by Crippen LogP contribution is -2.40. The van der Waals surface area contributed by atoms with Crippen LogP contribution in [0.15, 0.2) is 23.2 Å². The smallest absolute Gasteiger partial charge is 0.191 e. The molecule has 0 fully saturated rings. The Hall–Kier alpha value is -1.95. The molecule has 0 radical (unpaired) electrons. The van der Waals surface area contributed by atoms with E-state index in [1.807, 2.05) is 32.3 Å². The molecule has 0 bridgehead atoms. The van der Waals surface area contributed by atoms with Crippen molar-refractivity contribution < 1.29 is 9.47 Å². The second kappa shape index (κ2) is 6.67. The third-order valence-electron chi connectivity index (χ3n) is 3.68. The van der Waals surface area contributed by atoms with E-state index in [1.165, 1.54) is 0 Å². The average Bonchev–Trinajstić information content (AvgIpc) is 2.84. The number of nitrogens with zero attached hydrogens (tertiary/aromatic N) is 3. The van der Waals surface area contributed by atoms with Crippen molar-refractivity contribution in [1.29, 1.82) is 0 Å². The topological polar surface area (TPSA) is 63.3 Å². The number of methoxy groups -OCH3 is 2. The number of hydrogen-bond acceptors (Lipinski definition) is 6. The first-order valence-electron chi connectivity index (χ1n) is 7.00. The van der Waals surface area contributed by atoms with E-state index in [2.05, 4.69) is 14.8 Å². The Kier molecular flexibility index (Phi) is 4.90. The molecule has 0 aliphatic carbocycles. The molecule has 1 heterocycles. The highest BCUT2D eigenvalue weighted by Gasteiger charge is 2.30. The van der Waals surface area contributed by atoms with E-state index >= 15 is 0 Å². The zero-order valence-corrected chi connectivity index (χ0v) is 13.2. The lowest BCUT2D eigenvalue weighted by atomic mass is 10.0. The van der Waals surface area contributed by atoms with Gasteiger partial charge in [0.1, 0.15) is 0 Å². The van der Waals surface area contributed by atoms with Crippen LogP contribution in [-0.4, -0.2) is 63.7 Å². The third kappa shape index (κ3) is 3.21. The summed E-state index contributed by atoms with van der Waals surface area (Å²) in [7, 11) is 7.39. The molecule has 2 N–H and O–H groups in total. The van der Waals surface area contributed by atoms with Gasteiger partial charge in [-0.05, 0) is 20.2 Å². The van der Waals surface area contributed by atoms with E-state index in [1.54, 1.807) is 14.2 Å². The van der Waals surface area contributed by atoms with Crippen LogP contribution < -0.4 is 15.2 Å². The summed E-state index contributed by atoms with van der Waals surface area (Å²) in [5.74, 6) is 2.07. The molecule has 116 valence electrons. The number of hydrogen-bond donors (Lipinski definition) is 1. The van der Waals surface area contributed by atoms with Crippen LogP contribution in [0.3, 0.4) is 0 Å². The van der Waals surface area contributed by atoms with Crippen LogP contribution in [0.2, 0.25) is 0 Å². The average molecular weight is 292 g/mol. The summed E-state index contributed by atoms with van der Waals surface area (Å²) in [4.78, 5) is 8.64. The molecule has 1 aromatic carbocycles. The van der Waals surface area contributed by atoms with Crippen LogP contribution in [0, 0.1) is 0 Å². The van der Waals surface area contributed by atoms with Gasteiger partial charge in [-0.1, -0.05) is 12.1 Å². The van der Waals surface area contributed by atoms with E-state index in [4.69, 9.17) is 15.2 Å². The van der Waals surface area contributed by atoms with Gasteiger partial charge in [0.25, 0.3) is 0 Å². The van der Waals surface area contributed by atoms with Crippen molar-refractivity contribution in [2.75, 3.05) is 47.9 Å². The molecule has 0 amide bonds. The number of para-hydroxylation sites is 1. The number of likely N-dealkylation sites (N-methyl/N-ethyl adjacent to an activating group) is 1. The molecule has 0 saturated carbocycles. The van der Waals surface area contributed by atoms with Crippen molar-refractivity contribution in [3.05, 3.63) is 23.8 Å². The van der Waals surface area contributed by atoms with E-state index in [0.717, 1.165) is 30.2 Å². The fourth-order valence-electron chi connectivity index (χ4n) is 2.55. The maximum atomic E-state index is 6.04. The van der Waals surface area contributed by atoms with E-state index in [-0.39, 0.29) is 6.04 Å². The third-order valence-corrected chi connectivity index (χ3v) is 3.68. The maximum absolute atomic E-state index is 6.04. The molecular weight excluding hydrogens is 268 g/mol. The summed E-state index contributed by atoms with van der Waals surface area (Å²) in [5, 5.41) is 0. The SMILES string of the molecule is COc1cccc(C2CN=C(N)N2CCN(C)C)c1OC. The molecular formula is C15H24N4O2. The number of benzene rings is 1. The number of guanidine groups is 1. The Balaban J connectivity index is 2.28. The largest absolute Gasteiger partial charge is 0.493 e. The second-order valence-corrected chi connectivity index (χ2v) is 5.29. The van der Waals surface area contributed by atoms with Crippen LogP contribution >= 0.6 is 0 Å². The fraction of sp³-hybridized carbons (Fsp3) is 0.533. The molecule has 1 atom stereocenters. The molecule has 1 aromatic rings. The lowest BCUT2D eigenvalue weighted by Gasteiger charge is -2.29. The number of aliphatic imine (C=N–C) groups is 1. The Bertz CT molecular complexity index is 516. The van der Waals surface area contributed by atoms with Gasteiger partial charge in [-0.3, -0.25) is 4.99 Å². The Morgan fingerprint density at radius 2 is 2.10 bits per heavy atom. The van der Waals surface area contributed by atoms with Gasteiger partial charge in [-0.2, -0.15) is 0 Å². The summed E-state index contributed by atoms with van der Waals surface area (Å²) in [5.41, 5.74) is 7.10. The van der Waals surface area contributed by atoms with Crippen molar-refractivity contribution in [2.24, 2.45) is 10.7 Å². The van der Waals surface area contributed by atoms with Gasteiger partial charge in [0.15, 0.2) is 17.5 Å². The minimum Gasteiger partial charge on any atom is -0.493 e. The van der Waals surface area contributed by atoms with Crippen LogP contribution in [0.5, 0.6) is 11.5 Å². The Labute approximate surface area is 126 Å². The molecule has 0 saturated heterocycles. The predicted octanol–water partition coefficient (Wildman–Crippen LogP) is 0.937. The van der Waals surface area contributed by atoms with Gasteiger partial charge in [0.2, 0.25) is 0 Å². The molecule has 6 heteroatoms. The highest BCUT2D eigenvalue weighted by molar-refractivity contribution is 5.80. The number of rotatable bonds is 6. The molecule has 1 aliphatic rings. The van der Waals surface area contributed by atoms with Crippen molar-refractivity contribution in [1.82, 2.24) is 9.80 Å². The summed E-state index contributed by atoms with van der Waals surface area (Å²) in [6.07, 6.45) is 0. The molecule has 2 rings (SSSR count). The van der Waals surface area contributed by atoms with Gasteiger partial charge in [0.05, 0.1) is 26.8 Å². The first-order chi connectivity index (χ1) is 10.1. The number of nitrogens with two attached hydrogens (primary N) is 1. The van der Waals surface area contributed by atoms with E-state index < -0.39 is 0 Å². The van der Waals surface area contributed by atoms with Crippen molar-refractivity contribution in [2.45, 2.75) is 6.04 Å². The quantitative estimate of drug-likeness (QED) is 0.845. The van der Waals surface area contributed by atoms with Gasteiger partial charge in [0, 0.05) is 18.7 Å². The Morgan fingerprint density at radius 3 is 2.71 bits per heavy atom. The molecule has 6 nitrogen and oxygen atoms in total. The van der Waals surface area contributed by atoms with Gasteiger partial charge >= 0.3 is 0 Å². The minimum absolute atomic E-state index is 0.0926. The maximum Gasteiger partial charge on any atom is 0.191 e. The van der Waals surface area contributed by atoms with Gasteiger partial charge in [-0.25, -0.2) is 0 Å². The zero-order valence-electron chi connectivity index (χ0n) is 13.2. The highest BCUT2D eigenvalue weighted by atomic mass is 16.5. The monoisotopic (exact) mass is 292 g/mol. The highest BCUT2D eigenvalue weighted by Crippen LogP contribution is 2.38. The first-order valence-corrected chi connectivity index (χ1v) is 7.00. The second-order valence-electron chi connectivity index (χ2n) is 5.29. The molecule has 0 spiro atoms. The van der Waals surface area contributed by atoms with Crippen LogP contribution in [0.25, 0.3) is 0 Å². The molecule has 21 heavy (non-hydrogen) atoms. The summed E-state index contributed by atoms with van der Waals surface area (Å²) in [6, 6.07) is 6.00. The predicted molar refractivity (Wildman–Crippen MR) is 84.0 cm³/mol. The molecule has 0 aromatic heterocycles. The minimum atomic E-state index is 0.0926. The zero-order chi connectivity index (χ0) is 15.4. The number of ether oxygens (including phenoxy) is 2. The van der Waals surface area contributed by atoms with Crippen LogP contribution in [-0.2, 0) is 0 Å². The first kappa shape index (κ1) is 15.4. The van der Waals surface area contributed by atoms with E-state index in [9.17, 15) is 0 Å². The van der Waals surface area contributed by atoms with Gasteiger partial charge < -0.3 is 25.0 Å². The lowest BCUT2D eigenvalue weighted by molar-refractivity contribution is 0.283. The summed E-state index contributed by atoms with van der Waals surface area (Å²) in [6.45, 7) is 2.38. The summed E-state index contributed by atoms with van der Waals surface area (Å²) < 4.78 is 10.9. The fourth-order valence-corrected chi connectivity index (χ4v) is 2.55. The molecule has 1 unspecified atom stereocenters. The van der Waals surface area contributed by atoms with Crippen LogP contribution in [0.4, 0.5) is 0 Å². The van der Waals surface area contributed by atoms with Gasteiger partial charge in [-0.15, -0.1) is 0 Å². The Morgan fingerprint density at radius 1 is 1.33 bits per heavy atom. The van der Waals surface area contributed by atoms with Crippen molar-refractivity contribution >= 4 is 5.96 Å².